The van der Waals surface area contributed by atoms with Gasteiger partial charge in [-0.1, -0.05) is 52.0 Å². The Kier molecular flexibility index (Phi) is 7.00. The van der Waals surface area contributed by atoms with Gasteiger partial charge < -0.3 is 10.2 Å². The molecular formula is C20H32N3O2+. The summed E-state index contributed by atoms with van der Waals surface area (Å²) in [7, 11) is 0. The third-order valence-electron chi connectivity index (χ3n) is 4.54. The summed E-state index contributed by atoms with van der Waals surface area (Å²) < 4.78 is 0. The number of hydrogen-bond acceptors (Lipinski definition) is 2. The van der Waals surface area contributed by atoms with Crippen LogP contribution in [0.5, 0.6) is 0 Å². The minimum absolute atomic E-state index is 0.207. The highest BCUT2D eigenvalue weighted by Gasteiger charge is 2.34. The maximum atomic E-state index is 12.2. The molecule has 0 aromatic heterocycles. The largest absolute Gasteiger partial charge is 0.338 e. The van der Waals surface area contributed by atoms with Crippen LogP contribution in [0.3, 0.4) is 0 Å². The molecule has 0 heterocycles. The standard InChI is InChI=1S/C20H31N3O2/c1-14(2)11-21-20(25)22-19(24)13-23(18-9-10-18)12-16-5-7-17(8-6-16)15(3)4/h5-8,14-15,18H,9-13H2,1-4H3,(H2,21,22,24,25)/p+1. The van der Waals surface area contributed by atoms with Crippen LogP contribution in [0.1, 0.15) is 57.6 Å². The molecule has 1 unspecified atom stereocenters. The van der Waals surface area contributed by atoms with Crippen molar-refractivity contribution in [2.75, 3.05) is 13.1 Å². The van der Waals surface area contributed by atoms with Crippen LogP contribution >= 0.6 is 0 Å². The molecule has 0 bridgehead atoms. The molecule has 5 nitrogen and oxygen atoms in total. The maximum absolute atomic E-state index is 12.2. The predicted octanol–water partition coefficient (Wildman–Crippen LogP) is 1.84. The molecule has 1 saturated carbocycles. The lowest BCUT2D eigenvalue weighted by Crippen LogP contribution is -3.13. The molecule has 1 aromatic rings. The van der Waals surface area contributed by atoms with E-state index in [9.17, 15) is 9.59 Å². The second-order valence-electron chi connectivity index (χ2n) is 7.83. The number of nitrogens with one attached hydrogen (secondary N) is 3. The molecule has 3 N–H and O–H groups in total. The quantitative estimate of drug-likeness (QED) is 0.673. The summed E-state index contributed by atoms with van der Waals surface area (Å²) in [6.45, 7) is 10.1. The molecule has 0 spiro atoms. The Bertz CT molecular complexity index is 577. The summed E-state index contributed by atoms with van der Waals surface area (Å²) >= 11 is 0. The molecule has 0 radical (unpaired) electrons. The summed E-state index contributed by atoms with van der Waals surface area (Å²) in [6, 6.07) is 8.80. The molecule has 1 aliphatic carbocycles. The molecule has 1 atom stereocenters. The monoisotopic (exact) mass is 346 g/mol. The first kappa shape index (κ1) is 19.4. The van der Waals surface area contributed by atoms with Gasteiger partial charge in [-0.15, -0.1) is 0 Å². The van der Waals surface area contributed by atoms with E-state index in [4.69, 9.17) is 0 Å². The number of rotatable bonds is 8. The van der Waals surface area contributed by atoms with Crippen molar-refractivity contribution in [1.29, 1.82) is 0 Å². The minimum atomic E-state index is -0.393. The molecule has 0 saturated heterocycles. The number of carbonyl (C=O) groups is 2. The average molecular weight is 346 g/mol. The van der Waals surface area contributed by atoms with Crippen LogP contribution in [0.25, 0.3) is 0 Å². The van der Waals surface area contributed by atoms with Crippen LogP contribution in [-0.2, 0) is 11.3 Å². The third kappa shape index (κ3) is 6.86. The van der Waals surface area contributed by atoms with E-state index >= 15 is 0 Å². The van der Waals surface area contributed by atoms with E-state index in [2.05, 4.69) is 48.7 Å². The summed E-state index contributed by atoms with van der Waals surface area (Å²) in [5.74, 6) is 0.682. The van der Waals surface area contributed by atoms with Crippen LogP contribution in [0.4, 0.5) is 4.79 Å². The zero-order valence-corrected chi connectivity index (χ0v) is 15.9. The van der Waals surface area contributed by atoms with E-state index < -0.39 is 6.03 Å². The molecule has 138 valence electrons. The van der Waals surface area contributed by atoms with Crippen molar-refractivity contribution in [2.24, 2.45) is 5.92 Å². The van der Waals surface area contributed by atoms with Crippen molar-refractivity contribution in [3.63, 3.8) is 0 Å². The lowest BCUT2D eigenvalue weighted by atomic mass is 10.0. The number of urea groups is 1. The van der Waals surface area contributed by atoms with Gasteiger partial charge in [0, 0.05) is 24.9 Å². The predicted molar refractivity (Wildman–Crippen MR) is 99.5 cm³/mol. The highest BCUT2D eigenvalue weighted by Crippen LogP contribution is 2.17. The topological polar surface area (TPSA) is 62.6 Å². The minimum Gasteiger partial charge on any atom is -0.338 e. The van der Waals surface area contributed by atoms with Crippen LogP contribution in [-0.4, -0.2) is 31.1 Å². The summed E-state index contributed by atoms with van der Waals surface area (Å²) in [5, 5.41) is 5.17. The average Bonchev–Trinajstić information content (AvgIpc) is 3.37. The third-order valence-corrected chi connectivity index (χ3v) is 4.54. The van der Waals surface area contributed by atoms with Gasteiger partial charge in [0.05, 0.1) is 6.04 Å². The molecule has 2 rings (SSSR count). The molecule has 1 aromatic carbocycles. The summed E-state index contributed by atoms with van der Waals surface area (Å²) in [4.78, 5) is 25.2. The van der Waals surface area contributed by atoms with Crippen LogP contribution in [0.2, 0.25) is 0 Å². The van der Waals surface area contributed by atoms with Crippen LogP contribution in [0.15, 0.2) is 24.3 Å². The Labute approximate surface area is 151 Å². The van der Waals surface area contributed by atoms with E-state index in [-0.39, 0.29) is 5.91 Å². The van der Waals surface area contributed by atoms with Crippen molar-refractivity contribution in [2.45, 2.75) is 59.0 Å². The lowest BCUT2D eigenvalue weighted by molar-refractivity contribution is -0.917. The maximum Gasteiger partial charge on any atom is 0.321 e. The highest BCUT2D eigenvalue weighted by molar-refractivity contribution is 5.94. The number of imide groups is 1. The first-order chi connectivity index (χ1) is 11.8. The van der Waals surface area contributed by atoms with Crippen molar-refractivity contribution >= 4 is 11.9 Å². The van der Waals surface area contributed by atoms with Gasteiger partial charge in [-0.3, -0.25) is 10.1 Å². The SMILES string of the molecule is CC(C)CNC(=O)NC(=O)C[NH+](Cc1ccc(C(C)C)cc1)C1CC1. The van der Waals surface area contributed by atoms with E-state index in [1.807, 2.05) is 13.8 Å². The highest BCUT2D eigenvalue weighted by atomic mass is 16.2. The van der Waals surface area contributed by atoms with E-state index in [0.29, 0.717) is 31.0 Å². The molecule has 25 heavy (non-hydrogen) atoms. The molecule has 5 heteroatoms. The molecule has 3 amide bonds. The Morgan fingerprint density at radius 1 is 1.12 bits per heavy atom. The second-order valence-corrected chi connectivity index (χ2v) is 7.83. The van der Waals surface area contributed by atoms with E-state index in [1.165, 1.54) is 16.0 Å². The Morgan fingerprint density at radius 3 is 2.28 bits per heavy atom. The second kappa shape index (κ2) is 8.99. The van der Waals surface area contributed by atoms with Gasteiger partial charge in [0.2, 0.25) is 0 Å². The van der Waals surface area contributed by atoms with Crippen molar-refractivity contribution in [3.05, 3.63) is 35.4 Å². The molecule has 1 aliphatic rings. The fourth-order valence-electron chi connectivity index (χ4n) is 2.84. The number of amides is 3. The number of hydrogen-bond donors (Lipinski definition) is 3. The van der Waals surface area contributed by atoms with Crippen molar-refractivity contribution in [3.8, 4) is 0 Å². The zero-order valence-electron chi connectivity index (χ0n) is 15.9. The van der Waals surface area contributed by atoms with Crippen molar-refractivity contribution in [1.82, 2.24) is 10.6 Å². The normalized spacial score (nSPS) is 15.3. The summed E-state index contributed by atoms with van der Waals surface area (Å²) in [5.41, 5.74) is 2.57. The first-order valence-electron chi connectivity index (χ1n) is 9.36. The fraction of sp³-hybridized carbons (Fsp3) is 0.600. The van der Waals surface area contributed by atoms with Gasteiger partial charge in [-0.05, 0) is 17.4 Å². The molecular weight excluding hydrogens is 314 g/mol. The van der Waals surface area contributed by atoms with Gasteiger partial charge in [0.1, 0.15) is 6.54 Å². The van der Waals surface area contributed by atoms with Crippen LogP contribution in [0, 0.1) is 5.92 Å². The Hall–Kier alpha value is -1.88. The van der Waals surface area contributed by atoms with E-state index in [0.717, 1.165) is 19.4 Å². The van der Waals surface area contributed by atoms with Crippen LogP contribution < -0.4 is 15.5 Å². The van der Waals surface area contributed by atoms with Gasteiger partial charge in [0.15, 0.2) is 6.54 Å². The van der Waals surface area contributed by atoms with Crippen molar-refractivity contribution < 1.29 is 14.5 Å². The van der Waals surface area contributed by atoms with Gasteiger partial charge >= 0.3 is 6.03 Å². The lowest BCUT2D eigenvalue weighted by Gasteiger charge is -2.19. The summed E-state index contributed by atoms with van der Waals surface area (Å²) in [6.07, 6.45) is 2.32. The van der Waals surface area contributed by atoms with Gasteiger partial charge in [-0.25, -0.2) is 4.79 Å². The molecule has 0 aliphatic heterocycles. The van der Waals surface area contributed by atoms with Gasteiger partial charge in [-0.2, -0.15) is 0 Å². The Morgan fingerprint density at radius 2 is 1.76 bits per heavy atom. The number of benzene rings is 1. The first-order valence-corrected chi connectivity index (χ1v) is 9.36. The van der Waals surface area contributed by atoms with Gasteiger partial charge in [0.25, 0.3) is 5.91 Å². The number of carbonyl (C=O) groups excluding carboxylic acids is 2. The molecule has 1 fully saturated rings. The fourth-order valence-corrected chi connectivity index (χ4v) is 2.84. The number of quaternary nitrogens is 1. The smallest absolute Gasteiger partial charge is 0.321 e. The van der Waals surface area contributed by atoms with E-state index in [1.54, 1.807) is 0 Å². The Balaban J connectivity index is 1.86. The zero-order chi connectivity index (χ0) is 18.4.